The van der Waals surface area contributed by atoms with Gasteiger partial charge in [0.1, 0.15) is 11.9 Å². The molecule has 100 valence electrons. The smallest absolute Gasteiger partial charge is 0.160 e. The Morgan fingerprint density at radius 3 is 2.44 bits per heavy atom. The maximum absolute atomic E-state index is 6.07. The lowest BCUT2D eigenvalue weighted by Crippen LogP contribution is -2.15. The third-order valence-electron chi connectivity index (χ3n) is 3.41. The quantitative estimate of drug-likeness (QED) is 0.871. The van der Waals surface area contributed by atoms with E-state index in [-0.39, 0.29) is 6.10 Å². The Hall–Kier alpha value is -1.16. The van der Waals surface area contributed by atoms with Crippen molar-refractivity contribution in [1.82, 2.24) is 9.97 Å². The number of nitrogens with zero attached hydrogens (tertiary/aromatic N) is 2. The predicted octanol–water partition coefficient (Wildman–Crippen LogP) is 2.98. The zero-order valence-electron chi connectivity index (χ0n) is 11.7. The van der Waals surface area contributed by atoms with Gasteiger partial charge < -0.3 is 10.5 Å². The number of nitrogen functional groups attached to an aromatic ring is 1. The molecule has 0 aliphatic heterocycles. The van der Waals surface area contributed by atoms with Crippen LogP contribution < -0.4 is 5.73 Å². The normalized spacial score (nSPS) is 17.2. The van der Waals surface area contributed by atoms with Gasteiger partial charge in [0.15, 0.2) is 5.82 Å². The molecule has 1 aromatic rings. The molecule has 2 N–H and O–H groups in total. The number of rotatable bonds is 5. The third kappa shape index (κ3) is 2.64. The van der Waals surface area contributed by atoms with Gasteiger partial charge >= 0.3 is 0 Å². The van der Waals surface area contributed by atoms with E-state index in [1.165, 1.54) is 12.8 Å². The molecule has 2 rings (SSSR count). The summed E-state index contributed by atoms with van der Waals surface area (Å²) in [5, 5.41) is 0. The molecule has 1 aromatic heterocycles. The first-order chi connectivity index (χ1) is 8.54. The van der Waals surface area contributed by atoms with Crippen molar-refractivity contribution in [3.63, 3.8) is 0 Å². The van der Waals surface area contributed by atoms with E-state index >= 15 is 0 Å². The Kier molecular flexibility index (Phi) is 3.85. The molecule has 4 nitrogen and oxygen atoms in total. The molecule has 1 aliphatic carbocycles. The second-order valence-corrected chi connectivity index (χ2v) is 5.33. The topological polar surface area (TPSA) is 61.0 Å². The van der Waals surface area contributed by atoms with Gasteiger partial charge in [0.25, 0.3) is 0 Å². The molecule has 4 heteroatoms. The standard InChI is InChI=1S/C14H23N3O/c1-5-18-12(10-6-7-10)14-16-9(4)11(8(2)3)13(15)17-14/h8,10,12H,5-7H2,1-4H3,(H2,15,16,17). The van der Waals surface area contributed by atoms with Gasteiger partial charge in [-0.15, -0.1) is 0 Å². The Bertz CT molecular complexity index is 404. The second-order valence-electron chi connectivity index (χ2n) is 5.33. The number of aryl methyl sites for hydroxylation is 1. The number of ether oxygens (including phenoxy) is 1. The van der Waals surface area contributed by atoms with E-state index in [0.717, 1.165) is 17.1 Å². The van der Waals surface area contributed by atoms with Gasteiger partial charge in [0.05, 0.1) is 0 Å². The van der Waals surface area contributed by atoms with Crippen LogP contribution in [-0.4, -0.2) is 16.6 Å². The molecule has 18 heavy (non-hydrogen) atoms. The highest BCUT2D eigenvalue weighted by molar-refractivity contribution is 5.44. The van der Waals surface area contributed by atoms with Crippen molar-refractivity contribution >= 4 is 5.82 Å². The number of nitrogens with two attached hydrogens (primary N) is 1. The molecular formula is C14H23N3O. The third-order valence-corrected chi connectivity index (χ3v) is 3.41. The Labute approximate surface area is 109 Å². The summed E-state index contributed by atoms with van der Waals surface area (Å²) < 4.78 is 5.78. The van der Waals surface area contributed by atoms with Gasteiger partial charge in [0, 0.05) is 17.9 Å². The summed E-state index contributed by atoms with van der Waals surface area (Å²) in [6.07, 6.45) is 2.44. The van der Waals surface area contributed by atoms with Crippen LogP contribution in [0.3, 0.4) is 0 Å². The molecular weight excluding hydrogens is 226 g/mol. The van der Waals surface area contributed by atoms with Crippen LogP contribution in [0.4, 0.5) is 5.82 Å². The molecule has 1 unspecified atom stereocenters. The van der Waals surface area contributed by atoms with Crippen molar-refractivity contribution in [2.45, 2.75) is 52.6 Å². The SMILES string of the molecule is CCOC(c1nc(C)c(C(C)C)c(N)n1)C1CC1. The summed E-state index contributed by atoms with van der Waals surface area (Å²) in [6.45, 7) is 8.93. The van der Waals surface area contributed by atoms with Crippen molar-refractivity contribution in [2.75, 3.05) is 12.3 Å². The van der Waals surface area contributed by atoms with Crippen LogP contribution in [0.2, 0.25) is 0 Å². The number of hydrogen-bond donors (Lipinski definition) is 1. The van der Waals surface area contributed by atoms with Gasteiger partial charge in [-0.25, -0.2) is 9.97 Å². The van der Waals surface area contributed by atoms with E-state index in [9.17, 15) is 0 Å². The van der Waals surface area contributed by atoms with Crippen molar-refractivity contribution in [3.8, 4) is 0 Å². The van der Waals surface area contributed by atoms with Crippen LogP contribution >= 0.6 is 0 Å². The summed E-state index contributed by atoms with van der Waals surface area (Å²) in [7, 11) is 0. The Morgan fingerprint density at radius 1 is 1.33 bits per heavy atom. The molecule has 0 amide bonds. The summed E-state index contributed by atoms with van der Waals surface area (Å²) in [5.41, 5.74) is 8.12. The summed E-state index contributed by atoms with van der Waals surface area (Å²) in [6, 6.07) is 0. The summed E-state index contributed by atoms with van der Waals surface area (Å²) >= 11 is 0. The molecule has 1 atom stereocenters. The van der Waals surface area contributed by atoms with Crippen LogP contribution in [-0.2, 0) is 4.74 Å². The minimum Gasteiger partial charge on any atom is -0.383 e. The van der Waals surface area contributed by atoms with Gasteiger partial charge in [-0.05, 0) is 38.5 Å². The van der Waals surface area contributed by atoms with E-state index in [2.05, 4.69) is 23.8 Å². The maximum Gasteiger partial charge on any atom is 0.160 e. The van der Waals surface area contributed by atoms with Crippen LogP contribution in [0, 0.1) is 12.8 Å². The highest BCUT2D eigenvalue weighted by Gasteiger charge is 2.35. The lowest BCUT2D eigenvalue weighted by molar-refractivity contribution is 0.0400. The molecule has 1 fully saturated rings. The van der Waals surface area contributed by atoms with Gasteiger partial charge in [-0.2, -0.15) is 0 Å². The highest BCUT2D eigenvalue weighted by atomic mass is 16.5. The molecule has 0 radical (unpaired) electrons. The largest absolute Gasteiger partial charge is 0.383 e. The van der Waals surface area contributed by atoms with Crippen molar-refractivity contribution in [1.29, 1.82) is 0 Å². The van der Waals surface area contributed by atoms with Crippen LogP contribution in [0.1, 0.15) is 62.7 Å². The van der Waals surface area contributed by atoms with Gasteiger partial charge in [-0.3, -0.25) is 0 Å². The minimum absolute atomic E-state index is 0.0252. The first kappa shape index (κ1) is 13.3. The monoisotopic (exact) mass is 249 g/mol. The van der Waals surface area contributed by atoms with E-state index in [1.807, 2.05) is 13.8 Å². The number of hydrogen-bond acceptors (Lipinski definition) is 4. The highest BCUT2D eigenvalue weighted by Crippen LogP contribution is 2.42. The maximum atomic E-state index is 6.07. The summed E-state index contributed by atoms with van der Waals surface area (Å²) in [5.74, 6) is 2.30. The fourth-order valence-electron chi connectivity index (χ4n) is 2.47. The lowest BCUT2D eigenvalue weighted by Gasteiger charge is -2.18. The zero-order chi connectivity index (χ0) is 13.3. The first-order valence-electron chi connectivity index (χ1n) is 6.80. The van der Waals surface area contributed by atoms with Crippen LogP contribution in [0.15, 0.2) is 0 Å². The molecule has 1 heterocycles. The fourth-order valence-corrected chi connectivity index (χ4v) is 2.47. The lowest BCUT2D eigenvalue weighted by atomic mass is 10.0. The van der Waals surface area contributed by atoms with E-state index in [4.69, 9.17) is 10.5 Å². The summed E-state index contributed by atoms with van der Waals surface area (Å²) in [4.78, 5) is 9.10. The molecule has 1 aliphatic rings. The van der Waals surface area contributed by atoms with Crippen LogP contribution in [0.25, 0.3) is 0 Å². The van der Waals surface area contributed by atoms with E-state index in [1.54, 1.807) is 0 Å². The van der Waals surface area contributed by atoms with Crippen LogP contribution in [0.5, 0.6) is 0 Å². The molecule has 0 bridgehead atoms. The number of aromatic nitrogens is 2. The Morgan fingerprint density at radius 2 is 2.00 bits per heavy atom. The zero-order valence-corrected chi connectivity index (χ0v) is 11.7. The molecule has 1 saturated carbocycles. The van der Waals surface area contributed by atoms with E-state index in [0.29, 0.717) is 24.3 Å². The average molecular weight is 249 g/mol. The van der Waals surface area contributed by atoms with Gasteiger partial charge in [0.2, 0.25) is 0 Å². The van der Waals surface area contributed by atoms with Crippen molar-refractivity contribution in [2.24, 2.45) is 5.92 Å². The fraction of sp³-hybridized carbons (Fsp3) is 0.714. The molecule has 0 saturated heterocycles. The average Bonchev–Trinajstić information content (AvgIpc) is 3.07. The van der Waals surface area contributed by atoms with Gasteiger partial charge in [-0.1, -0.05) is 13.8 Å². The minimum atomic E-state index is 0.0252. The van der Waals surface area contributed by atoms with Crippen molar-refractivity contribution < 1.29 is 4.74 Å². The van der Waals surface area contributed by atoms with E-state index < -0.39 is 0 Å². The predicted molar refractivity (Wildman–Crippen MR) is 72.4 cm³/mol. The second kappa shape index (κ2) is 5.22. The first-order valence-corrected chi connectivity index (χ1v) is 6.80. The molecule has 0 spiro atoms. The number of anilines is 1. The Balaban J connectivity index is 2.33. The molecule has 0 aromatic carbocycles. The van der Waals surface area contributed by atoms with Crippen molar-refractivity contribution in [3.05, 3.63) is 17.1 Å².